The largest absolute Gasteiger partial charge is 0.493 e. The van der Waals surface area contributed by atoms with Crippen LogP contribution in [0.2, 0.25) is 0 Å². The zero-order valence-electron chi connectivity index (χ0n) is 14.2. The predicted molar refractivity (Wildman–Crippen MR) is 95.4 cm³/mol. The molecule has 0 fully saturated rings. The Morgan fingerprint density at radius 3 is 2.38 bits per heavy atom. The van der Waals surface area contributed by atoms with Gasteiger partial charge < -0.3 is 9.47 Å². The minimum absolute atomic E-state index is 0.130. The van der Waals surface area contributed by atoms with Crippen molar-refractivity contribution >= 4 is 15.7 Å². The van der Waals surface area contributed by atoms with E-state index in [2.05, 4.69) is 11.6 Å². The van der Waals surface area contributed by atoms with Gasteiger partial charge in [0.05, 0.1) is 24.8 Å². The first-order chi connectivity index (χ1) is 11.5. The van der Waals surface area contributed by atoms with Crippen LogP contribution < -0.4 is 14.2 Å². The fraction of sp³-hybridized carbons (Fsp3) is 0.333. The lowest BCUT2D eigenvalue weighted by molar-refractivity contribution is 0.354. The van der Waals surface area contributed by atoms with Crippen LogP contribution in [0.15, 0.2) is 47.4 Å². The number of aryl methyl sites for hydroxylation is 1. The third-order valence-electron chi connectivity index (χ3n) is 3.73. The molecule has 0 atom stereocenters. The summed E-state index contributed by atoms with van der Waals surface area (Å²) < 4.78 is 38.4. The maximum atomic E-state index is 12.7. The van der Waals surface area contributed by atoms with E-state index in [9.17, 15) is 8.42 Å². The third kappa shape index (κ3) is 4.20. The Balaban J connectivity index is 2.32. The van der Waals surface area contributed by atoms with E-state index < -0.39 is 10.0 Å². The van der Waals surface area contributed by atoms with E-state index in [1.807, 2.05) is 18.2 Å². The van der Waals surface area contributed by atoms with Crippen LogP contribution in [0.5, 0.6) is 11.5 Å². The van der Waals surface area contributed by atoms with Gasteiger partial charge in [-0.25, -0.2) is 8.42 Å². The zero-order chi connectivity index (χ0) is 17.6. The molecule has 0 aliphatic rings. The molecule has 0 saturated carbocycles. The van der Waals surface area contributed by atoms with Gasteiger partial charge in [0, 0.05) is 6.07 Å². The second-order valence-corrected chi connectivity index (χ2v) is 7.07. The number of sulfonamides is 1. The number of methoxy groups -OCH3 is 2. The molecule has 6 heteroatoms. The maximum Gasteiger partial charge on any atom is 0.262 e. The summed E-state index contributed by atoms with van der Waals surface area (Å²) in [5.41, 5.74) is 1.60. The van der Waals surface area contributed by atoms with Crippen molar-refractivity contribution in [1.82, 2.24) is 0 Å². The molecule has 2 aromatic carbocycles. The number of rotatable bonds is 8. The summed E-state index contributed by atoms with van der Waals surface area (Å²) in [5, 5.41) is 0. The van der Waals surface area contributed by atoms with Gasteiger partial charge in [-0.1, -0.05) is 31.5 Å². The smallest absolute Gasteiger partial charge is 0.262 e. The monoisotopic (exact) mass is 349 g/mol. The molecule has 5 nitrogen and oxygen atoms in total. The zero-order valence-corrected chi connectivity index (χ0v) is 15.0. The molecule has 2 rings (SSSR count). The highest BCUT2D eigenvalue weighted by Gasteiger charge is 2.18. The fourth-order valence-corrected chi connectivity index (χ4v) is 3.51. The van der Waals surface area contributed by atoms with Gasteiger partial charge in [0.2, 0.25) is 0 Å². The average Bonchev–Trinajstić information content (AvgIpc) is 2.60. The molecule has 0 radical (unpaired) electrons. The Bertz CT molecular complexity index is 787. The second kappa shape index (κ2) is 8.06. The first-order valence-electron chi connectivity index (χ1n) is 7.84. The number of hydrogen-bond donors (Lipinski definition) is 1. The van der Waals surface area contributed by atoms with Crippen LogP contribution in [-0.4, -0.2) is 22.6 Å². The van der Waals surface area contributed by atoms with E-state index in [1.165, 1.54) is 26.4 Å². The number of para-hydroxylation sites is 1. The fourth-order valence-electron chi connectivity index (χ4n) is 2.39. The lowest BCUT2D eigenvalue weighted by Gasteiger charge is -2.14. The van der Waals surface area contributed by atoms with Gasteiger partial charge in [-0.3, -0.25) is 4.72 Å². The molecule has 0 bridgehead atoms. The van der Waals surface area contributed by atoms with Crippen LogP contribution in [-0.2, 0) is 16.4 Å². The van der Waals surface area contributed by atoms with E-state index in [0.29, 0.717) is 17.2 Å². The maximum absolute atomic E-state index is 12.7. The van der Waals surface area contributed by atoms with Gasteiger partial charge in [0.15, 0.2) is 11.5 Å². The van der Waals surface area contributed by atoms with Crippen LogP contribution >= 0.6 is 0 Å². The molecule has 0 saturated heterocycles. The van der Waals surface area contributed by atoms with Crippen LogP contribution in [0.4, 0.5) is 5.69 Å². The van der Waals surface area contributed by atoms with Crippen LogP contribution in [0.3, 0.4) is 0 Å². The summed E-state index contributed by atoms with van der Waals surface area (Å²) >= 11 is 0. The summed E-state index contributed by atoms with van der Waals surface area (Å²) in [6.07, 6.45) is 2.90. The van der Waals surface area contributed by atoms with Gasteiger partial charge in [-0.15, -0.1) is 0 Å². The van der Waals surface area contributed by atoms with Crippen LogP contribution in [0.25, 0.3) is 0 Å². The number of hydrogen-bond acceptors (Lipinski definition) is 4. The highest BCUT2D eigenvalue weighted by molar-refractivity contribution is 7.92. The van der Waals surface area contributed by atoms with E-state index in [1.54, 1.807) is 12.1 Å². The van der Waals surface area contributed by atoms with Crippen molar-refractivity contribution in [3.63, 3.8) is 0 Å². The molecule has 0 unspecified atom stereocenters. The number of ether oxygens (including phenoxy) is 2. The molecule has 1 N–H and O–H groups in total. The van der Waals surface area contributed by atoms with Crippen molar-refractivity contribution in [2.45, 2.75) is 31.1 Å². The molecular formula is C18H23NO4S. The minimum Gasteiger partial charge on any atom is -0.493 e. The van der Waals surface area contributed by atoms with Crippen LogP contribution in [0.1, 0.15) is 25.3 Å². The molecule has 0 heterocycles. The SMILES string of the molecule is CCCCc1ccccc1NS(=O)(=O)c1ccc(OC)c(OC)c1. The number of unbranched alkanes of at least 4 members (excludes halogenated alkanes) is 1. The second-order valence-electron chi connectivity index (χ2n) is 5.38. The first-order valence-corrected chi connectivity index (χ1v) is 9.33. The Labute approximate surface area is 143 Å². The summed E-state index contributed by atoms with van der Waals surface area (Å²) in [6, 6.07) is 12.0. The highest BCUT2D eigenvalue weighted by Crippen LogP contribution is 2.30. The molecule has 0 spiro atoms. The Hall–Kier alpha value is -2.21. The molecule has 0 amide bonds. The standard InChI is InChI=1S/C18H23NO4S/c1-4-5-8-14-9-6-7-10-16(14)19-24(20,21)15-11-12-17(22-2)18(13-15)23-3/h6-7,9-13,19H,4-5,8H2,1-3H3. The Morgan fingerprint density at radius 2 is 1.71 bits per heavy atom. The van der Waals surface area contributed by atoms with E-state index >= 15 is 0 Å². The van der Waals surface area contributed by atoms with Gasteiger partial charge in [0.25, 0.3) is 10.0 Å². The molecular weight excluding hydrogens is 326 g/mol. The van der Waals surface area contributed by atoms with Crippen molar-refractivity contribution in [2.24, 2.45) is 0 Å². The first kappa shape index (κ1) is 18.1. The van der Waals surface area contributed by atoms with E-state index in [-0.39, 0.29) is 4.90 Å². The molecule has 130 valence electrons. The average molecular weight is 349 g/mol. The van der Waals surface area contributed by atoms with Crippen molar-refractivity contribution in [3.8, 4) is 11.5 Å². The van der Waals surface area contributed by atoms with Crippen molar-refractivity contribution in [3.05, 3.63) is 48.0 Å². The lowest BCUT2D eigenvalue weighted by Crippen LogP contribution is -2.14. The number of nitrogens with one attached hydrogen (secondary N) is 1. The topological polar surface area (TPSA) is 64.6 Å². The van der Waals surface area contributed by atoms with Crippen LogP contribution in [0, 0.1) is 0 Å². The highest BCUT2D eigenvalue weighted by atomic mass is 32.2. The van der Waals surface area contributed by atoms with Gasteiger partial charge in [-0.2, -0.15) is 0 Å². The molecule has 0 aliphatic heterocycles. The Morgan fingerprint density at radius 1 is 1.00 bits per heavy atom. The van der Waals surface area contributed by atoms with E-state index in [4.69, 9.17) is 9.47 Å². The van der Waals surface area contributed by atoms with Gasteiger partial charge >= 0.3 is 0 Å². The van der Waals surface area contributed by atoms with Crippen molar-refractivity contribution in [1.29, 1.82) is 0 Å². The minimum atomic E-state index is -3.70. The molecule has 2 aromatic rings. The third-order valence-corrected chi connectivity index (χ3v) is 5.09. The summed E-state index contributed by atoms with van der Waals surface area (Å²) in [7, 11) is -0.722. The van der Waals surface area contributed by atoms with Crippen molar-refractivity contribution in [2.75, 3.05) is 18.9 Å². The lowest BCUT2D eigenvalue weighted by atomic mass is 10.1. The van der Waals surface area contributed by atoms with E-state index in [0.717, 1.165) is 24.8 Å². The quantitative estimate of drug-likeness (QED) is 0.786. The molecule has 24 heavy (non-hydrogen) atoms. The summed E-state index contributed by atoms with van der Waals surface area (Å²) in [6.45, 7) is 2.11. The number of benzene rings is 2. The normalized spacial score (nSPS) is 11.1. The predicted octanol–water partition coefficient (Wildman–Crippen LogP) is 3.85. The molecule has 0 aromatic heterocycles. The number of anilines is 1. The summed E-state index contributed by atoms with van der Waals surface area (Å²) in [5.74, 6) is 0.861. The van der Waals surface area contributed by atoms with Gasteiger partial charge in [0.1, 0.15) is 0 Å². The Kier molecular flexibility index (Phi) is 6.09. The van der Waals surface area contributed by atoms with Crippen molar-refractivity contribution < 1.29 is 17.9 Å². The summed E-state index contributed by atoms with van der Waals surface area (Å²) in [4.78, 5) is 0.130. The molecule has 0 aliphatic carbocycles. The van der Waals surface area contributed by atoms with Gasteiger partial charge in [-0.05, 0) is 36.6 Å².